The molecule has 1 aromatic carbocycles. The molecule has 0 N–H and O–H groups in total. The van der Waals surface area contributed by atoms with Crippen LogP contribution in [0.15, 0.2) is 51.1 Å². The first kappa shape index (κ1) is 15.2. The average Bonchev–Trinajstić information content (AvgIpc) is 3.14. The van der Waals surface area contributed by atoms with Crippen LogP contribution in [-0.4, -0.2) is 25.3 Å². The third kappa shape index (κ3) is 3.39. The van der Waals surface area contributed by atoms with Crippen molar-refractivity contribution in [3.05, 3.63) is 51.1 Å². The van der Waals surface area contributed by atoms with Gasteiger partial charge in [-0.25, -0.2) is 8.42 Å². The van der Waals surface area contributed by atoms with Crippen LogP contribution in [-0.2, 0) is 16.4 Å². The molecule has 1 saturated carbocycles. The summed E-state index contributed by atoms with van der Waals surface area (Å²) in [6.07, 6.45) is 2.71. The minimum Gasteiger partial charge on any atom is -0.207 e. The van der Waals surface area contributed by atoms with E-state index in [1.165, 1.54) is 4.88 Å². The standard InChI is InChI=1S/C15H16BrNO2S2/c16-14-5-1-2-6-15(14)21(18,19)17(12-7-8-12)10-9-13-4-3-11-20-13/h1-6,11-12H,7-10H2. The number of thiophene rings is 1. The van der Waals surface area contributed by atoms with Gasteiger partial charge < -0.3 is 0 Å². The van der Waals surface area contributed by atoms with Crippen LogP contribution in [0, 0.1) is 0 Å². The van der Waals surface area contributed by atoms with Crippen LogP contribution in [0.2, 0.25) is 0 Å². The monoisotopic (exact) mass is 385 g/mol. The fourth-order valence-electron chi connectivity index (χ4n) is 2.32. The zero-order valence-corrected chi connectivity index (χ0v) is 14.6. The van der Waals surface area contributed by atoms with Gasteiger partial charge in [0.2, 0.25) is 10.0 Å². The van der Waals surface area contributed by atoms with Crippen molar-refractivity contribution in [2.45, 2.75) is 30.2 Å². The van der Waals surface area contributed by atoms with Crippen molar-refractivity contribution in [3.63, 3.8) is 0 Å². The van der Waals surface area contributed by atoms with Gasteiger partial charge in [-0.3, -0.25) is 0 Å². The number of halogens is 1. The number of nitrogens with zero attached hydrogens (tertiary/aromatic N) is 1. The van der Waals surface area contributed by atoms with Crippen LogP contribution in [0.5, 0.6) is 0 Å². The van der Waals surface area contributed by atoms with E-state index >= 15 is 0 Å². The molecular weight excluding hydrogens is 370 g/mol. The molecule has 1 aliphatic carbocycles. The minimum absolute atomic E-state index is 0.169. The summed E-state index contributed by atoms with van der Waals surface area (Å²) in [6, 6.07) is 11.3. The largest absolute Gasteiger partial charge is 0.244 e. The summed E-state index contributed by atoms with van der Waals surface area (Å²) in [5.41, 5.74) is 0. The normalized spacial score (nSPS) is 15.5. The molecule has 0 atom stereocenters. The van der Waals surface area contributed by atoms with E-state index in [2.05, 4.69) is 22.0 Å². The van der Waals surface area contributed by atoms with E-state index in [0.717, 1.165) is 19.3 Å². The van der Waals surface area contributed by atoms with Crippen molar-refractivity contribution in [2.24, 2.45) is 0 Å². The Kier molecular flexibility index (Phi) is 4.49. The second-order valence-corrected chi connectivity index (χ2v) is 8.85. The quantitative estimate of drug-likeness (QED) is 0.755. The highest BCUT2D eigenvalue weighted by atomic mass is 79.9. The van der Waals surface area contributed by atoms with E-state index in [-0.39, 0.29) is 6.04 Å². The van der Waals surface area contributed by atoms with E-state index in [1.54, 1.807) is 33.8 Å². The molecule has 0 radical (unpaired) electrons. The van der Waals surface area contributed by atoms with Crippen molar-refractivity contribution < 1.29 is 8.42 Å². The molecule has 21 heavy (non-hydrogen) atoms. The second-order valence-electron chi connectivity index (χ2n) is 5.11. The van der Waals surface area contributed by atoms with Crippen molar-refractivity contribution in [1.82, 2.24) is 4.31 Å². The van der Waals surface area contributed by atoms with Gasteiger partial charge in [0, 0.05) is 21.9 Å². The Balaban J connectivity index is 1.84. The van der Waals surface area contributed by atoms with Crippen LogP contribution in [0.1, 0.15) is 17.7 Å². The smallest absolute Gasteiger partial charge is 0.207 e. The van der Waals surface area contributed by atoms with Crippen LogP contribution in [0.4, 0.5) is 0 Å². The predicted octanol–water partition coefficient (Wildman–Crippen LogP) is 3.91. The maximum Gasteiger partial charge on any atom is 0.244 e. The molecule has 1 aromatic heterocycles. The first-order valence-corrected chi connectivity index (χ1v) is 9.99. The van der Waals surface area contributed by atoms with Gasteiger partial charge in [-0.05, 0) is 58.8 Å². The van der Waals surface area contributed by atoms with Gasteiger partial charge in [0.15, 0.2) is 0 Å². The Morgan fingerprint density at radius 3 is 2.57 bits per heavy atom. The van der Waals surface area contributed by atoms with E-state index < -0.39 is 10.0 Å². The highest BCUT2D eigenvalue weighted by molar-refractivity contribution is 9.10. The summed E-state index contributed by atoms with van der Waals surface area (Å²) >= 11 is 5.03. The highest BCUT2D eigenvalue weighted by Crippen LogP contribution is 2.34. The number of sulfonamides is 1. The summed E-state index contributed by atoms with van der Waals surface area (Å²) in [6.45, 7) is 0.550. The summed E-state index contributed by atoms with van der Waals surface area (Å²) in [5, 5.41) is 2.03. The lowest BCUT2D eigenvalue weighted by molar-refractivity contribution is 0.407. The maximum atomic E-state index is 12.9. The number of hydrogen-bond acceptors (Lipinski definition) is 3. The molecule has 6 heteroatoms. The number of hydrogen-bond donors (Lipinski definition) is 0. The lowest BCUT2D eigenvalue weighted by Gasteiger charge is -2.22. The van der Waals surface area contributed by atoms with Crippen LogP contribution in [0.3, 0.4) is 0 Å². The Labute approximate surface area is 137 Å². The Morgan fingerprint density at radius 2 is 1.95 bits per heavy atom. The molecule has 2 aromatic rings. The summed E-state index contributed by atoms with van der Waals surface area (Å²) in [5.74, 6) is 0. The first-order valence-electron chi connectivity index (χ1n) is 6.88. The lowest BCUT2D eigenvalue weighted by Crippen LogP contribution is -2.35. The molecule has 0 bridgehead atoms. The van der Waals surface area contributed by atoms with Crippen molar-refractivity contribution in [2.75, 3.05) is 6.54 Å². The van der Waals surface area contributed by atoms with Gasteiger partial charge in [0.05, 0.1) is 4.90 Å². The summed E-state index contributed by atoms with van der Waals surface area (Å²) in [7, 11) is -3.43. The number of benzene rings is 1. The van der Waals surface area contributed by atoms with Gasteiger partial charge >= 0.3 is 0 Å². The van der Waals surface area contributed by atoms with Crippen molar-refractivity contribution >= 4 is 37.3 Å². The van der Waals surface area contributed by atoms with E-state index in [4.69, 9.17) is 0 Å². The molecule has 1 fully saturated rings. The zero-order chi connectivity index (χ0) is 14.9. The molecule has 1 aliphatic rings. The highest BCUT2D eigenvalue weighted by Gasteiger charge is 2.38. The topological polar surface area (TPSA) is 37.4 Å². The predicted molar refractivity (Wildman–Crippen MR) is 89.1 cm³/mol. The average molecular weight is 386 g/mol. The van der Waals surface area contributed by atoms with Gasteiger partial charge in [-0.15, -0.1) is 11.3 Å². The SMILES string of the molecule is O=S(=O)(c1ccccc1Br)N(CCc1cccs1)C1CC1. The maximum absolute atomic E-state index is 12.9. The second kappa shape index (κ2) is 6.20. The Morgan fingerprint density at radius 1 is 1.19 bits per heavy atom. The Bertz CT molecular complexity index is 709. The summed E-state index contributed by atoms with van der Waals surface area (Å²) < 4.78 is 28.1. The molecule has 0 saturated heterocycles. The van der Waals surface area contributed by atoms with Gasteiger partial charge in [-0.2, -0.15) is 4.31 Å². The van der Waals surface area contributed by atoms with Gasteiger partial charge in [0.1, 0.15) is 0 Å². The third-order valence-corrected chi connectivity index (χ3v) is 7.44. The molecule has 0 amide bonds. The van der Waals surface area contributed by atoms with E-state index in [0.29, 0.717) is 15.9 Å². The van der Waals surface area contributed by atoms with E-state index in [1.807, 2.05) is 17.5 Å². The fraction of sp³-hybridized carbons (Fsp3) is 0.333. The molecule has 3 nitrogen and oxygen atoms in total. The molecular formula is C15H16BrNO2S2. The third-order valence-electron chi connectivity index (χ3n) is 3.54. The molecule has 0 aliphatic heterocycles. The lowest BCUT2D eigenvalue weighted by atomic mass is 10.3. The van der Waals surface area contributed by atoms with Crippen LogP contribution >= 0.6 is 27.3 Å². The first-order chi connectivity index (χ1) is 10.1. The Hall–Kier alpha value is -0.690. The van der Waals surface area contributed by atoms with E-state index in [9.17, 15) is 8.42 Å². The minimum atomic E-state index is -3.43. The molecule has 3 rings (SSSR count). The number of rotatable bonds is 6. The molecule has 0 unspecified atom stereocenters. The van der Waals surface area contributed by atoms with Crippen molar-refractivity contribution in [1.29, 1.82) is 0 Å². The van der Waals surface area contributed by atoms with Crippen molar-refractivity contribution in [3.8, 4) is 0 Å². The van der Waals surface area contributed by atoms with Crippen LogP contribution in [0.25, 0.3) is 0 Å². The van der Waals surface area contributed by atoms with Crippen LogP contribution < -0.4 is 0 Å². The molecule has 0 spiro atoms. The fourth-order valence-corrected chi connectivity index (χ4v) is 5.67. The summed E-state index contributed by atoms with van der Waals surface area (Å²) in [4.78, 5) is 1.59. The molecule has 1 heterocycles. The molecule has 112 valence electrons. The van der Waals surface area contributed by atoms with Gasteiger partial charge in [-0.1, -0.05) is 18.2 Å². The zero-order valence-electron chi connectivity index (χ0n) is 11.4. The van der Waals surface area contributed by atoms with Gasteiger partial charge in [0.25, 0.3) is 0 Å².